The minimum Gasteiger partial charge on any atom is -0.355 e. The number of aromatic nitrogens is 2. The Morgan fingerprint density at radius 3 is 2.94 bits per heavy atom. The molecule has 1 amide bonds. The molecule has 0 bridgehead atoms. The van der Waals surface area contributed by atoms with E-state index < -0.39 is 0 Å². The molecular formula is C13H16ClN3O. The number of benzene rings is 1. The fourth-order valence-electron chi connectivity index (χ4n) is 1.87. The fraction of sp³-hybridized carbons (Fsp3) is 0.385. The molecule has 1 aromatic heterocycles. The van der Waals surface area contributed by atoms with Crippen molar-refractivity contribution in [3.63, 3.8) is 0 Å². The maximum Gasteiger partial charge on any atom is 0.240 e. The smallest absolute Gasteiger partial charge is 0.240 e. The zero-order valence-corrected chi connectivity index (χ0v) is 11.1. The van der Waals surface area contributed by atoms with Crippen molar-refractivity contribution in [2.45, 2.75) is 25.8 Å². The number of carbonyl (C=O) groups excluding carboxylic acids is 1. The summed E-state index contributed by atoms with van der Waals surface area (Å²) in [6.45, 7) is 2.99. The van der Waals surface area contributed by atoms with Gasteiger partial charge in [-0.1, -0.05) is 19.1 Å². The van der Waals surface area contributed by atoms with Gasteiger partial charge in [0.2, 0.25) is 5.91 Å². The number of nitrogens with zero attached hydrogens (tertiary/aromatic N) is 2. The molecule has 0 unspecified atom stereocenters. The predicted octanol–water partition coefficient (Wildman–Crippen LogP) is 2.30. The summed E-state index contributed by atoms with van der Waals surface area (Å²) >= 11 is 5.88. The van der Waals surface area contributed by atoms with Gasteiger partial charge in [-0.3, -0.25) is 4.79 Å². The summed E-state index contributed by atoms with van der Waals surface area (Å²) in [5, 5.41) is 2.86. The van der Waals surface area contributed by atoms with Crippen LogP contribution in [0.25, 0.3) is 11.0 Å². The predicted molar refractivity (Wildman–Crippen MR) is 72.6 cm³/mol. The third-order valence-electron chi connectivity index (χ3n) is 2.73. The minimum atomic E-state index is -0.00799. The lowest BCUT2D eigenvalue weighted by molar-refractivity contribution is -0.121. The Hall–Kier alpha value is -1.55. The standard InChI is InChI=1S/C13H16ClN3O/c1-2-7-15-13(18)9-17-11-6-4-3-5-10(11)16-12(17)8-14/h3-6H,2,7-9H2,1H3,(H,15,18). The summed E-state index contributed by atoms with van der Waals surface area (Å²) in [5.41, 5.74) is 1.82. The summed E-state index contributed by atoms with van der Waals surface area (Å²) in [6, 6.07) is 7.73. The van der Waals surface area contributed by atoms with Gasteiger partial charge in [-0.25, -0.2) is 4.98 Å². The molecule has 0 aliphatic heterocycles. The van der Waals surface area contributed by atoms with Crippen molar-refractivity contribution in [1.29, 1.82) is 0 Å². The number of amides is 1. The molecule has 0 radical (unpaired) electrons. The van der Waals surface area contributed by atoms with Crippen LogP contribution in [0.2, 0.25) is 0 Å². The second-order valence-corrected chi connectivity index (χ2v) is 4.35. The number of hydrogen-bond acceptors (Lipinski definition) is 2. The van der Waals surface area contributed by atoms with Crippen molar-refractivity contribution in [3.8, 4) is 0 Å². The van der Waals surface area contributed by atoms with Crippen LogP contribution in [0.3, 0.4) is 0 Å². The van der Waals surface area contributed by atoms with Gasteiger partial charge in [0.25, 0.3) is 0 Å². The number of nitrogens with one attached hydrogen (secondary N) is 1. The first-order valence-electron chi connectivity index (χ1n) is 6.03. The van der Waals surface area contributed by atoms with E-state index in [0.717, 1.165) is 23.3 Å². The van der Waals surface area contributed by atoms with Crippen LogP contribution in [-0.4, -0.2) is 22.0 Å². The van der Waals surface area contributed by atoms with Crippen LogP contribution in [0.4, 0.5) is 0 Å². The second kappa shape index (κ2) is 5.87. The van der Waals surface area contributed by atoms with Gasteiger partial charge >= 0.3 is 0 Å². The van der Waals surface area contributed by atoms with E-state index in [1.54, 1.807) is 0 Å². The maximum atomic E-state index is 11.8. The van der Waals surface area contributed by atoms with Gasteiger partial charge < -0.3 is 9.88 Å². The Balaban J connectivity index is 2.28. The molecule has 2 aromatic rings. The van der Waals surface area contributed by atoms with E-state index in [2.05, 4.69) is 10.3 Å². The van der Waals surface area contributed by atoms with Crippen molar-refractivity contribution >= 4 is 28.5 Å². The molecule has 2 rings (SSSR count). The van der Waals surface area contributed by atoms with Crippen molar-refractivity contribution in [2.75, 3.05) is 6.54 Å². The number of fused-ring (bicyclic) bond motifs is 1. The molecule has 0 spiro atoms. The van der Waals surface area contributed by atoms with Crippen molar-refractivity contribution < 1.29 is 4.79 Å². The first kappa shape index (κ1) is 12.9. The molecule has 5 heteroatoms. The molecule has 0 aliphatic carbocycles. The first-order chi connectivity index (χ1) is 8.76. The van der Waals surface area contributed by atoms with E-state index in [1.165, 1.54) is 0 Å². The SMILES string of the molecule is CCCNC(=O)Cn1c(CCl)nc2ccccc21. The lowest BCUT2D eigenvalue weighted by Gasteiger charge is -2.08. The lowest BCUT2D eigenvalue weighted by atomic mass is 10.3. The normalized spacial score (nSPS) is 10.8. The van der Waals surface area contributed by atoms with Crippen LogP contribution < -0.4 is 5.32 Å². The van der Waals surface area contributed by atoms with E-state index in [9.17, 15) is 4.79 Å². The molecule has 0 atom stereocenters. The molecule has 0 saturated carbocycles. The molecule has 1 heterocycles. The summed E-state index contributed by atoms with van der Waals surface area (Å²) < 4.78 is 1.87. The Bertz CT molecular complexity index is 550. The molecule has 4 nitrogen and oxygen atoms in total. The minimum absolute atomic E-state index is 0.00799. The highest BCUT2D eigenvalue weighted by Crippen LogP contribution is 2.17. The van der Waals surface area contributed by atoms with E-state index in [4.69, 9.17) is 11.6 Å². The van der Waals surface area contributed by atoms with Crippen LogP contribution in [0.5, 0.6) is 0 Å². The maximum absolute atomic E-state index is 11.8. The third kappa shape index (κ3) is 2.64. The molecule has 0 fully saturated rings. The van der Waals surface area contributed by atoms with Crippen molar-refractivity contribution in [1.82, 2.24) is 14.9 Å². The van der Waals surface area contributed by atoms with Crippen LogP contribution >= 0.6 is 11.6 Å². The average molecular weight is 266 g/mol. The Labute approximate surface area is 111 Å². The van der Waals surface area contributed by atoms with Crippen LogP contribution in [0.1, 0.15) is 19.2 Å². The van der Waals surface area contributed by atoms with E-state index >= 15 is 0 Å². The molecular weight excluding hydrogens is 250 g/mol. The number of hydrogen-bond donors (Lipinski definition) is 1. The quantitative estimate of drug-likeness (QED) is 0.844. The molecule has 1 aromatic carbocycles. The topological polar surface area (TPSA) is 46.9 Å². The highest BCUT2D eigenvalue weighted by Gasteiger charge is 2.12. The van der Waals surface area contributed by atoms with Crippen LogP contribution in [0.15, 0.2) is 24.3 Å². The molecule has 96 valence electrons. The largest absolute Gasteiger partial charge is 0.355 e. The summed E-state index contributed by atoms with van der Waals surface area (Å²) in [6.07, 6.45) is 0.929. The number of alkyl halides is 1. The van der Waals surface area contributed by atoms with Gasteiger partial charge in [-0.05, 0) is 18.6 Å². The number of rotatable bonds is 5. The molecule has 0 saturated heterocycles. The summed E-state index contributed by atoms with van der Waals surface area (Å²) in [5.74, 6) is 1.02. The zero-order chi connectivity index (χ0) is 13.0. The lowest BCUT2D eigenvalue weighted by Crippen LogP contribution is -2.28. The summed E-state index contributed by atoms with van der Waals surface area (Å²) in [4.78, 5) is 16.2. The van der Waals surface area contributed by atoms with Crippen LogP contribution in [0, 0.1) is 0 Å². The van der Waals surface area contributed by atoms with Gasteiger partial charge in [0, 0.05) is 6.54 Å². The number of halogens is 1. The monoisotopic (exact) mass is 265 g/mol. The van der Waals surface area contributed by atoms with Crippen LogP contribution in [-0.2, 0) is 17.2 Å². The van der Waals surface area contributed by atoms with E-state index in [-0.39, 0.29) is 12.5 Å². The zero-order valence-electron chi connectivity index (χ0n) is 10.3. The van der Waals surface area contributed by atoms with Gasteiger partial charge in [0.1, 0.15) is 12.4 Å². The van der Waals surface area contributed by atoms with Crippen molar-refractivity contribution in [2.24, 2.45) is 0 Å². The highest BCUT2D eigenvalue weighted by atomic mass is 35.5. The van der Waals surface area contributed by atoms with Gasteiger partial charge in [-0.15, -0.1) is 11.6 Å². The van der Waals surface area contributed by atoms with Crippen molar-refractivity contribution in [3.05, 3.63) is 30.1 Å². The average Bonchev–Trinajstić information content (AvgIpc) is 2.75. The first-order valence-corrected chi connectivity index (χ1v) is 6.56. The molecule has 1 N–H and O–H groups in total. The number of carbonyl (C=O) groups is 1. The Kier molecular flexibility index (Phi) is 4.20. The molecule has 18 heavy (non-hydrogen) atoms. The van der Waals surface area contributed by atoms with E-state index in [1.807, 2.05) is 35.8 Å². The molecule has 0 aliphatic rings. The fourth-order valence-corrected chi connectivity index (χ4v) is 2.07. The number of para-hydroxylation sites is 2. The Morgan fingerprint density at radius 1 is 1.44 bits per heavy atom. The third-order valence-corrected chi connectivity index (χ3v) is 2.97. The van der Waals surface area contributed by atoms with Gasteiger partial charge in [0.05, 0.1) is 16.9 Å². The Morgan fingerprint density at radius 2 is 2.22 bits per heavy atom. The second-order valence-electron chi connectivity index (χ2n) is 4.09. The van der Waals surface area contributed by atoms with Gasteiger partial charge in [-0.2, -0.15) is 0 Å². The highest BCUT2D eigenvalue weighted by molar-refractivity contribution is 6.16. The van der Waals surface area contributed by atoms with Gasteiger partial charge in [0.15, 0.2) is 0 Å². The summed E-state index contributed by atoms with van der Waals surface area (Å²) in [7, 11) is 0. The van der Waals surface area contributed by atoms with E-state index in [0.29, 0.717) is 12.4 Å². The number of imidazole rings is 1.